The molecule has 5 nitrogen and oxygen atoms in total. The summed E-state index contributed by atoms with van der Waals surface area (Å²) in [7, 11) is 4.09. The number of nitrogens with one attached hydrogen (secondary N) is 2. The van der Waals surface area contributed by atoms with Crippen molar-refractivity contribution in [2.24, 2.45) is 5.92 Å². The predicted molar refractivity (Wildman–Crippen MR) is 118 cm³/mol. The maximum atomic E-state index is 4.80. The minimum absolute atomic E-state index is 0.476. The fourth-order valence-corrected chi connectivity index (χ4v) is 4.81. The minimum atomic E-state index is 0.476. The van der Waals surface area contributed by atoms with Crippen molar-refractivity contribution in [2.75, 3.05) is 30.9 Å². The number of hydrogen-bond acceptors (Lipinski definition) is 5. The van der Waals surface area contributed by atoms with Crippen molar-refractivity contribution in [3.63, 3.8) is 0 Å². The number of benzene rings is 1. The molecule has 4 rings (SSSR count). The lowest BCUT2D eigenvalue weighted by molar-refractivity contribution is 0.294. The molecule has 2 aromatic rings. The monoisotopic (exact) mass is 381 g/mol. The van der Waals surface area contributed by atoms with E-state index in [-0.39, 0.29) is 0 Å². The first kappa shape index (κ1) is 19.4. The van der Waals surface area contributed by atoms with E-state index in [1.54, 1.807) is 0 Å². The molecule has 1 heterocycles. The van der Waals surface area contributed by atoms with Crippen LogP contribution in [0.4, 0.5) is 11.8 Å². The zero-order valence-electron chi connectivity index (χ0n) is 17.5. The van der Waals surface area contributed by atoms with Gasteiger partial charge in [-0.1, -0.05) is 31.4 Å². The highest BCUT2D eigenvalue weighted by Gasteiger charge is 2.23. The maximum Gasteiger partial charge on any atom is 0.225 e. The molecule has 0 saturated heterocycles. The maximum absolute atomic E-state index is 4.80. The van der Waals surface area contributed by atoms with Crippen LogP contribution in [0.5, 0.6) is 0 Å². The van der Waals surface area contributed by atoms with Crippen molar-refractivity contribution in [2.45, 2.75) is 69.9 Å². The fourth-order valence-electron chi connectivity index (χ4n) is 4.81. The van der Waals surface area contributed by atoms with Crippen molar-refractivity contribution in [1.82, 2.24) is 15.3 Å². The molecule has 0 spiro atoms. The predicted octanol–water partition coefficient (Wildman–Crippen LogP) is 4.59. The van der Waals surface area contributed by atoms with Gasteiger partial charge in [-0.3, -0.25) is 0 Å². The molecule has 0 amide bonds. The summed E-state index contributed by atoms with van der Waals surface area (Å²) in [6.45, 7) is 1.22. The Morgan fingerprint density at radius 3 is 2.36 bits per heavy atom. The summed E-state index contributed by atoms with van der Waals surface area (Å²) < 4.78 is 0. The van der Waals surface area contributed by atoms with E-state index >= 15 is 0 Å². The average Bonchev–Trinajstić information content (AvgIpc) is 2.73. The van der Waals surface area contributed by atoms with Gasteiger partial charge in [-0.2, -0.15) is 4.98 Å². The normalized spacial score (nSPS) is 23.6. The highest BCUT2D eigenvalue weighted by molar-refractivity contribution is 5.90. The Hall–Kier alpha value is -1.88. The topological polar surface area (TPSA) is 53.1 Å². The van der Waals surface area contributed by atoms with Crippen molar-refractivity contribution >= 4 is 22.7 Å². The Kier molecular flexibility index (Phi) is 6.30. The summed E-state index contributed by atoms with van der Waals surface area (Å²) in [5, 5.41) is 8.58. The Bertz CT molecular complexity index is 761. The molecule has 152 valence electrons. The van der Waals surface area contributed by atoms with Crippen LogP contribution >= 0.6 is 0 Å². The van der Waals surface area contributed by atoms with Crippen LogP contribution in [0.3, 0.4) is 0 Å². The van der Waals surface area contributed by atoms with Gasteiger partial charge in [0, 0.05) is 31.6 Å². The molecule has 0 unspecified atom stereocenters. The summed E-state index contributed by atoms with van der Waals surface area (Å²) in [5.41, 5.74) is 1.01. The van der Waals surface area contributed by atoms with Gasteiger partial charge < -0.3 is 15.5 Å². The molecule has 2 saturated carbocycles. The molecule has 0 atom stereocenters. The van der Waals surface area contributed by atoms with Gasteiger partial charge in [0.15, 0.2) is 0 Å². The van der Waals surface area contributed by atoms with Crippen LogP contribution in [0.15, 0.2) is 24.3 Å². The minimum Gasteiger partial charge on any atom is -0.362 e. The van der Waals surface area contributed by atoms with Gasteiger partial charge in [0.25, 0.3) is 0 Å². The Morgan fingerprint density at radius 1 is 0.893 bits per heavy atom. The Labute approximate surface area is 169 Å². The Balaban J connectivity index is 1.32. The second-order valence-corrected chi connectivity index (χ2v) is 8.89. The second-order valence-electron chi connectivity index (χ2n) is 8.89. The number of hydrogen-bond donors (Lipinski definition) is 2. The van der Waals surface area contributed by atoms with Gasteiger partial charge in [-0.15, -0.1) is 0 Å². The highest BCUT2D eigenvalue weighted by Crippen LogP contribution is 2.27. The van der Waals surface area contributed by atoms with Gasteiger partial charge in [-0.05, 0) is 63.1 Å². The summed E-state index contributed by atoms with van der Waals surface area (Å²) >= 11 is 0. The fraction of sp³-hybridized carbons (Fsp3) is 0.652. The molecule has 5 heteroatoms. The number of aromatic nitrogens is 2. The van der Waals surface area contributed by atoms with E-state index in [0.717, 1.165) is 28.6 Å². The standard InChI is InChI=1S/C23H35N5/c1-28(2)22-20-10-6-7-11-21(20)26-23(27-22)25-19-14-12-18(13-15-19)24-16-17-8-4-3-5-9-17/h6-7,10-11,17-19,24H,3-5,8-9,12-16H2,1-2H3,(H,25,26,27)/t18-,19+. The van der Waals surface area contributed by atoms with Crippen LogP contribution < -0.4 is 15.5 Å². The van der Waals surface area contributed by atoms with Crippen LogP contribution in [0.2, 0.25) is 0 Å². The van der Waals surface area contributed by atoms with E-state index in [1.807, 2.05) is 26.2 Å². The Morgan fingerprint density at radius 2 is 1.61 bits per heavy atom. The molecule has 1 aromatic carbocycles. The molecule has 2 fully saturated rings. The molecule has 0 aliphatic heterocycles. The highest BCUT2D eigenvalue weighted by atomic mass is 15.2. The molecular weight excluding hydrogens is 346 g/mol. The van der Waals surface area contributed by atoms with Gasteiger partial charge in [-0.25, -0.2) is 4.98 Å². The lowest BCUT2D eigenvalue weighted by Crippen LogP contribution is -2.39. The van der Waals surface area contributed by atoms with E-state index in [4.69, 9.17) is 9.97 Å². The third-order valence-electron chi connectivity index (χ3n) is 6.49. The third-order valence-corrected chi connectivity index (χ3v) is 6.49. The van der Waals surface area contributed by atoms with Crippen LogP contribution in [-0.4, -0.2) is 42.7 Å². The van der Waals surface area contributed by atoms with Crippen LogP contribution in [0.25, 0.3) is 10.9 Å². The lowest BCUT2D eigenvalue weighted by Gasteiger charge is -2.31. The number of anilines is 2. The van der Waals surface area contributed by atoms with Crippen molar-refractivity contribution in [3.05, 3.63) is 24.3 Å². The summed E-state index contributed by atoms with van der Waals surface area (Å²) in [6.07, 6.45) is 12.0. The molecular formula is C23H35N5. The van der Waals surface area contributed by atoms with Crippen molar-refractivity contribution in [3.8, 4) is 0 Å². The van der Waals surface area contributed by atoms with Crippen molar-refractivity contribution < 1.29 is 0 Å². The molecule has 2 aliphatic rings. The zero-order valence-corrected chi connectivity index (χ0v) is 17.5. The number of para-hydroxylation sites is 1. The second kappa shape index (κ2) is 9.08. The first-order valence-corrected chi connectivity index (χ1v) is 11.1. The molecule has 28 heavy (non-hydrogen) atoms. The van der Waals surface area contributed by atoms with Gasteiger partial charge in [0.2, 0.25) is 5.95 Å². The number of fused-ring (bicyclic) bond motifs is 1. The van der Waals surface area contributed by atoms with E-state index < -0.39 is 0 Å². The van der Waals surface area contributed by atoms with Gasteiger partial charge in [0.1, 0.15) is 5.82 Å². The first-order valence-electron chi connectivity index (χ1n) is 11.1. The quantitative estimate of drug-likeness (QED) is 0.766. The summed E-state index contributed by atoms with van der Waals surface area (Å²) in [5.74, 6) is 2.66. The largest absolute Gasteiger partial charge is 0.362 e. The summed E-state index contributed by atoms with van der Waals surface area (Å²) in [6, 6.07) is 9.42. The molecule has 0 radical (unpaired) electrons. The first-order chi connectivity index (χ1) is 13.7. The SMILES string of the molecule is CN(C)c1nc(N[C@H]2CC[C@@H](NCC3CCCCC3)CC2)nc2ccccc12. The van der Waals surface area contributed by atoms with Gasteiger partial charge >= 0.3 is 0 Å². The molecule has 2 aliphatic carbocycles. The van der Waals surface area contributed by atoms with E-state index in [9.17, 15) is 0 Å². The lowest BCUT2D eigenvalue weighted by atomic mass is 9.87. The van der Waals surface area contributed by atoms with Crippen LogP contribution in [0, 0.1) is 5.92 Å². The third kappa shape index (κ3) is 4.75. The van der Waals surface area contributed by atoms with E-state index in [0.29, 0.717) is 12.1 Å². The molecule has 1 aromatic heterocycles. The number of rotatable bonds is 6. The zero-order chi connectivity index (χ0) is 19.3. The molecule has 0 bridgehead atoms. The van der Waals surface area contributed by atoms with Crippen LogP contribution in [-0.2, 0) is 0 Å². The summed E-state index contributed by atoms with van der Waals surface area (Å²) in [4.78, 5) is 11.6. The average molecular weight is 382 g/mol. The van der Waals surface area contributed by atoms with Crippen LogP contribution in [0.1, 0.15) is 57.8 Å². The molecule has 2 N–H and O–H groups in total. The number of nitrogens with zero attached hydrogens (tertiary/aromatic N) is 3. The van der Waals surface area contributed by atoms with Crippen molar-refractivity contribution in [1.29, 1.82) is 0 Å². The van der Waals surface area contributed by atoms with E-state index in [2.05, 4.69) is 27.7 Å². The van der Waals surface area contributed by atoms with E-state index in [1.165, 1.54) is 64.3 Å². The smallest absolute Gasteiger partial charge is 0.225 e. The van der Waals surface area contributed by atoms with Gasteiger partial charge in [0.05, 0.1) is 5.52 Å².